The molecule has 1 aliphatic carbocycles. The molecule has 8 heteroatoms. The quantitative estimate of drug-likeness (QED) is 0.564. The van der Waals surface area contributed by atoms with Crippen molar-refractivity contribution in [1.29, 1.82) is 0 Å². The van der Waals surface area contributed by atoms with E-state index in [1.165, 1.54) is 58.7 Å². The van der Waals surface area contributed by atoms with Crippen LogP contribution in [0.5, 0.6) is 0 Å². The van der Waals surface area contributed by atoms with E-state index in [0.717, 1.165) is 4.31 Å². The van der Waals surface area contributed by atoms with E-state index >= 15 is 0 Å². The molecule has 0 radical (unpaired) electrons. The summed E-state index contributed by atoms with van der Waals surface area (Å²) in [6, 6.07) is 1.82. The molecule has 2 rings (SSSR count). The average molecular weight is 372 g/mol. The SMILES string of the molecule is Cc1oc(S(=O)(=O)N(C)C)cc1C(=O)NCCNC1CCCCCC1. The Bertz CT molecular complexity index is 674. The maximum Gasteiger partial charge on any atom is 0.275 e. The number of carbonyl (C=O) groups excluding carboxylic acids is 1. The second-order valence-electron chi connectivity index (χ2n) is 6.72. The first kappa shape index (κ1) is 19.9. The molecule has 0 saturated heterocycles. The van der Waals surface area contributed by atoms with Crippen LogP contribution in [0.1, 0.15) is 54.6 Å². The Morgan fingerprint density at radius 2 is 1.84 bits per heavy atom. The van der Waals surface area contributed by atoms with Gasteiger partial charge in [0.1, 0.15) is 5.76 Å². The zero-order chi connectivity index (χ0) is 18.4. The summed E-state index contributed by atoms with van der Waals surface area (Å²) >= 11 is 0. The van der Waals surface area contributed by atoms with Crippen LogP contribution in [0.4, 0.5) is 0 Å². The van der Waals surface area contributed by atoms with Crippen LogP contribution in [0.2, 0.25) is 0 Å². The summed E-state index contributed by atoms with van der Waals surface area (Å²) in [4.78, 5) is 12.3. The number of hydrogen-bond donors (Lipinski definition) is 2. The van der Waals surface area contributed by atoms with Crippen LogP contribution >= 0.6 is 0 Å². The van der Waals surface area contributed by atoms with E-state index in [9.17, 15) is 13.2 Å². The fraction of sp³-hybridized carbons (Fsp3) is 0.706. The van der Waals surface area contributed by atoms with Crippen LogP contribution in [0.25, 0.3) is 0 Å². The summed E-state index contributed by atoms with van der Waals surface area (Å²) in [5.41, 5.74) is 0.259. The molecule has 1 saturated carbocycles. The normalized spacial score (nSPS) is 16.8. The fourth-order valence-electron chi connectivity index (χ4n) is 3.02. The van der Waals surface area contributed by atoms with Crippen molar-refractivity contribution in [2.45, 2.75) is 56.6 Å². The molecular weight excluding hydrogens is 342 g/mol. The lowest BCUT2D eigenvalue weighted by atomic mass is 10.1. The van der Waals surface area contributed by atoms with Crippen LogP contribution < -0.4 is 10.6 Å². The number of hydrogen-bond acceptors (Lipinski definition) is 5. The summed E-state index contributed by atoms with van der Waals surface area (Å²) in [7, 11) is -0.835. The zero-order valence-corrected chi connectivity index (χ0v) is 16.1. The third-order valence-electron chi connectivity index (χ3n) is 4.57. The van der Waals surface area contributed by atoms with Crippen molar-refractivity contribution in [2.75, 3.05) is 27.2 Å². The van der Waals surface area contributed by atoms with Crippen molar-refractivity contribution in [2.24, 2.45) is 0 Å². The van der Waals surface area contributed by atoms with Gasteiger partial charge in [-0.2, -0.15) is 0 Å². The van der Waals surface area contributed by atoms with Gasteiger partial charge in [-0.05, 0) is 19.8 Å². The predicted octanol–water partition coefficient (Wildman–Crippen LogP) is 1.88. The lowest BCUT2D eigenvalue weighted by Gasteiger charge is -2.16. The first-order chi connectivity index (χ1) is 11.8. The van der Waals surface area contributed by atoms with E-state index in [4.69, 9.17) is 4.42 Å². The predicted molar refractivity (Wildman–Crippen MR) is 96.1 cm³/mol. The van der Waals surface area contributed by atoms with Gasteiger partial charge in [-0.25, -0.2) is 12.7 Å². The van der Waals surface area contributed by atoms with Gasteiger partial charge >= 0.3 is 0 Å². The van der Waals surface area contributed by atoms with Gasteiger partial charge in [-0.1, -0.05) is 25.7 Å². The van der Waals surface area contributed by atoms with Crippen molar-refractivity contribution in [3.8, 4) is 0 Å². The highest BCUT2D eigenvalue weighted by atomic mass is 32.2. The Morgan fingerprint density at radius 1 is 1.20 bits per heavy atom. The molecule has 25 heavy (non-hydrogen) atoms. The molecule has 1 heterocycles. The molecular formula is C17H29N3O4S. The van der Waals surface area contributed by atoms with Gasteiger partial charge in [0, 0.05) is 39.3 Å². The van der Waals surface area contributed by atoms with E-state index in [1.807, 2.05) is 0 Å². The van der Waals surface area contributed by atoms with Crippen LogP contribution in [0, 0.1) is 6.92 Å². The molecule has 1 aliphatic rings. The number of nitrogens with zero attached hydrogens (tertiary/aromatic N) is 1. The van der Waals surface area contributed by atoms with Crippen LogP contribution in [0.3, 0.4) is 0 Å². The standard InChI is InChI=1S/C17H29N3O4S/c1-13-15(12-16(24-13)25(22,23)20(2)3)17(21)19-11-10-18-14-8-6-4-5-7-9-14/h12,14,18H,4-11H2,1-3H3,(H,19,21). The molecule has 0 atom stereocenters. The fourth-order valence-corrected chi connectivity index (χ4v) is 3.88. The summed E-state index contributed by atoms with van der Waals surface area (Å²) < 4.78 is 30.5. The number of furan rings is 1. The Morgan fingerprint density at radius 3 is 2.44 bits per heavy atom. The number of rotatable bonds is 7. The monoisotopic (exact) mass is 371 g/mol. The smallest absolute Gasteiger partial charge is 0.275 e. The maximum absolute atomic E-state index is 12.3. The van der Waals surface area contributed by atoms with Crippen molar-refractivity contribution >= 4 is 15.9 Å². The highest BCUT2D eigenvalue weighted by Gasteiger charge is 2.25. The van der Waals surface area contributed by atoms with Crippen molar-refractivity contribution in [3.63, 3.8) is 0 Å². The second-order valence-corrected chi connectivity index (χ2v) is 8.80. The molecule has 7 nitrogen and oxygen atoms in total. The highest BCUT2D eigenvalue weighted by Crippen LogP contribution is 2.21. The largest absolute Gasteiger partial charge is 0.448 e. The second kappa shape index (κ2) is 8.82. The molecule has 1 fully saturated rings. The van der Waals surface area contributed by atoms with Crippen molar-refractivity contribution in [3.05, 3.63) is 17.4 Å². The summed E-state index contributed by atoms with van der Waals surface area (Å²) in [5, 5.41) is 6.09. The van der Waals surface area contributed by atoms with Crippen molar-refractivity contribution in [1.82, 2.24) is 14.9 Å². The third kappa shape index (κ3) is 5.29. The van der Waals surface area contributed by atoms with Gasteiger partial charge in [0.15, 0.2) is 0 Å². The van der Waals surface area contributed by atoms with Gasteiger partial charge in [0.2, 0.25) is 5.09 Å². The minimum absolute atomic E-state index is 0.211. The highest BCUT2D eigenvalue weighted by molar-refractivity contribution is 7.88. The lowest BCUT2D eigenvalue weighted by molar-refractivity contribution is 0.0952. The molecule has 142 valence electrons. The summed E-state index contributed by atoms with van der Waals surface area (Å²) in [5.74, 6) is -0.0150. The van der Waals surface area contributed by atoms with E-state index < -0.39 is 10.0 Å². The molecule has 0 aromatic carbocycles. The molecule has 1 aromatic rings. The molecule has 1 amide bonds. The number of aryl methyl sites for hydroxylation is 1. The van der Waals surface area contributed by atoms with Gasteiger partial charge in [-0.15, -0.1) is 0 Å². The molecule has 2 N–H and O–H groups in total. The minimum Gasteiger partial charge on any atom is -0.448 e. The Kier molecular flexibility index (Phi) is 7.04. The van der Waals surface area contributed by atoms with Crippen molar-refractivity contribution < 1.29 is 17.6 Å². The van der Waals surface area contributed by atoms with E-state index in [2.05, 4.69) is 10.6 Å². The third-order valence-corrected chi connectivity index (χ3v) is 6.24. The summed E-state index contributed by atoms with van der Waals surface area (Å²) in [6.07, 6.45) is 7.55. The first-order valence-electron chi connectivity index (χ1n) is 8.87. The number of carbonyl (C=O) groups is 1. The van der Waals surface area contributed by atoms with Crippen LogP contribution in [0.15, 0.2) is 15.6 Å². The molecule has 1 aromatic heterocycles. The minimum atomic E-state index is -3.68. The number of amides is 1. The summed E-state index contributed by atoms with van der Waals surface area (Å²) in [6.45, 7) is 2.79. The van der Waals surface area contributed by atoms with Crippen LogP contribution in [-0.4, -0.2) is 51.9 Å². The lowest BCUT2D eigenvalue weighted by Crippen LogP contribution is -2.36. The zero-order valence-electron chi connectivity index (χ0n) is 15.3. The Hall–Kier alpha value is -1.38. The molecule has 0 spiro atoms. The van der Waals surface area contributed by atoms with E-state index in [0.29, 0.717) is 24.9 Å². The topological polar surface area (TPSA) is 91.7 Å². The molecule has 0 aliphatic heterocycles. The van der Waals surface area contributed by atoms with Gasteiger partial charge < -0.3 is 15.1 Å². The maximum atomic E-state index is 12.3. The van der Waals surface area contributed by atoms with Gasteiger partial charge in [0.25, 0.3) is 15.9 Å². The Labute approximate surface area is 150 Å². The molecule has 0 unspecified atom stereocenters. The Balaban J connectivity index is 1.85. The van der Waals surface area contributed by atoms with Crippen LogP contribution in [-0.2, 0) is 10.0 Å². The number of nitrogens with one attached hydrogen (secondary N) is 2. The first-order valence-corrected chi connectivity index (χ1v) is 10.3. The number of sulfonamides is 1. The average Bonchev–Trinajstić information content (AvgIpc) is 2.79. The van der Waals surface area contributed by atoms with Gasteiger partial charge in [-0.3, -0.25) is 4.79 Å². The van der Waals surface area contributed by atoms with E-state index in [1.54, 1.807) is 6.92 Å². The van der Waals surface area contributed by atoms with E-state index in [-0.39, 0.29) is 16.6 Å². The van der Waals surface area contributed by atoms with Gasteiger partial charge in [0.05, 0.1) is 5.56 Å². The molecule has 0 bridgehead atoms.